The van der Waals surface area contributed by atoms with Gasteiger partial charge >= 0.3 is 0 Å². The predicted octanol–water partition coefficient (Wildman–Crippen LogP) is 2.29. The summed E-state index contributed by atoms with van der Waals surface area (Å²) in [5, 5.41) is 0. The molecule has 0 radical (unpaired) electrons. The van der Waals surface area contributed by atoms with Gasteiger partial charge in [-0.1, -0.05) is 6.07 Å². The van der Waals surface area contributed by atoms with Crippen molar-refractivity contribution < 1.29 is 27.7 Å². The van der Waals surface area contributed by atoms with E-state index in [-0.39, 0.29) is 18.8 Å². The Morgan fingerprint density at radius 1 is 1.25 bits per heavy atom. The normalized spacial score (nSPS) is 20.7. The van der Waals surface area contributed by atoms with E-state index in [0.717, 1.165) is 42.0 Å². The molecule has 0 aromatic heterocycles. The van der Waals surface area contributed by atoms with Gasteiger partial charge in [0.1, 0.15) is 5.94 Å². The van der Waals surface area contributed by atoms with Crippen molar-refractivity contribution in [3.05, 3.63) is 46.5 Å². The Morgan fingerprint density at radius 3 is 2.86 bits per heavy atom. The van der Waals surface area contributed by atoms with E-state index >= 15 is 0 Å². The molecule has 0 aliphatic carbocycles. The molecule has 7 nitrogen and oxygen atoms in total. The summed E-state index contributed by atoms with van der Waals surface area (Å²) < 4.78 is 44.1. The van der Waals surface area contributed by atoms with Crippen molar-refractivity contribution in [2.24, 2.45) is 0 Å². The first-order chi connectivity index (χ1) is 13.6. The van der Waals surface area contributed by atoms with Crippen molar-refractivity contribution in [2.75, 3.05) is 26.4 Å². The lowest BCUT2D eigenvalue weighted by molar-refractivity contribution is 0.157. The summed E-state index contributed by atoms with van der Waals surface area (Å²) in [5.74, 6) is 2.34. The Morgan fingerprint density at radius 2 is 2.07 bits per heavy atom. The second kappa shape index (κ2) is 6.95. The second-order valence-corrected chi connectivity index (χ2v) is 7.99. The van der Waals surface area contributed by atoms with Crippen LogP contribution in [0.2, 0.25) is 0 Å². The average molecular weight is 402 g/mol. The summed E-state index contributed by atoms with van der Waals surface area (Å²) in [5.41, 5.74) is 4.74. The highest BCUT2D eigenvalue weighted by Crippen LogP contribution is 2.46. The Balaban J connectivity index is 1.52. The fourth-order valence-corrected chi connectivity index (χ4v) is 4.63. The molecular formula is C20H20NO6S-. The summed E-state index contributed by atoms with van der Waals surface area (Å²) in [7, 11) is 1.56. The van der Waals surface area contributed by atoms with Gasteiger partial charge in [-0.2, -0.15) is 0 Å². The van der Waals surface area contributed by atoms with Gasteiger partial charge in [0.15, 0.2) is 23.0 Å². The number of hydrogen-bond acceptors (Lipinski definition) is 7. The summed E-state index contributed by atoms with van der Waals surface area (Å²) in [6.45, 7) is 1.88. The highest BCUT2D eigenvalue weighted by atomic mass is 32.2. The molecule has 0 saturated heterocycles. The lowest BCUT2D eigenvalue weighted by Gasteiger charge is -2.42. The fraction of sp³-hybridized carbons (Fsp3) is 0.400. The summed E-state index contributed by atoms with van der Waals surface area (Å²) >= 11 is -2.28. The van der Waals surface area contributed by atoms with Gasteiger partial charge in [0, 0.05) is 24.7 Å². The zero-order valence-electron chi connectivity index (χ0n) is 15.4. The molecule has 0 bridgehead atoms. The van der Waals surface area contributed by atoms with Gasteiger partial charge in [-0.05, 0) is 58.8 Å². The molecule has 3 aliphatic heterocycles. The molecule has 3 aliphatic rings. The van der Waals surface area contributed by atoms with Gasteiger partial charge in [0.25, 0.3) is 0 Å². The smallest absolute Gasteiger partial charge is 0.231 e. The van der Waals surface area contributed by atoms with Crippen LogP contribution in [0.3, 0.4) is 0 Å². The zero-order chi connectivity index (χ0) is 19.3. The first kappa shape index (κ1) is 17.8. The molecule has 28 heavy (non-hydrogen) atoms. The summed E-state index contributed by atoms with van der Waals surface area (Å²) in [4.78, 5) is 2.41. The molecule has 0 N–H and O–H groups in total. The van der Waals surface area contributed by atoms with Crippen LogP contribution in [-0.2, 0) is 30.5 Å². The SMILES string of the molecule is COc1ccc2c(c1OCS(=O)[O-])CN1CCc3cc4c(cc3C1C2)OCO4. The third-order valence-electron chi connectivity index (χ3n) is 5.72. The minimum Gasteiger partial charge on any atom is -0.770 e. The Bertz CT molecular complexity index is 962. The number of hydrogen-bond donors (Lipinski definition) is 0. The third-order valence-corrected chi connectivity index (χ3v) is 6.03. The van der Waals surface area contributed by atoms with Gasteiger partial charge in [-0.15, -0.1) is 0 Å². The second-order valence-electron chi connectivity index (χ2n) is 7.15. The Hall–Kier alpha value is -2.29. The monoisotopic (exact) mass is 402 g/mol. The first-order valence-electron chi connectivity index (χ1n) is 9.18. The zero-order valence-corrected chi connectivity index (χ0v) is 16.3. The molecule has 5 rings (SSSR count). The van der Waals surface area contributed by atoms with E-state index in [1.807, 2.05) is 12.1 Å². The molecule has 2 unspecified atom stereocenters. The van der Waals surface area contributed by atoms with Crippen LogP contribution in [0.5, 0.6) is 23.0 Å². The van der Waals surface area contributed by atoms with Gasteiger partial charge in [-0.3, -0.25) is 9.11 Å². The van der Waals surface area contributed by atoms with E-state index in [4.69, 9.17) is 18.9 Å². The molecular weight excluding hydrogens is 382 g/mol. The molecule has 2 aromatic rings. The molecule has 0 saturated carbocycles. The van der Waals surface area contributed by atoms with Crippen LogP contribution in [0.15, 0.2) is 24.3 Å². The maximum atomic E-state index is 11.0. The Labute approximate surface area is 165 Å². The van der Waals surface area contributed by atoms with Crippen molar-refractivity contribution in [1.29, 1.82) is 0 Å². The summed E-state index contributed by atoms with van der Waals surface area (Å²) in [6.07, 6.45) is 1.76. The van der Waals surface area contributed by atoms with Crippen molar-refractivity contribution in [3.63, 3.8) is 0 Å². The van der Waals surface area contributed by atoms with Crippen molar-refractivity contribution in [1.82, 2.24) is 4.90 Å². The largest absolute Gasteiger partial charge is 0.770 e. The fourth-order valence-electron chi connectivity index (χ4n) is 4.42. The molecule has 0 spiro atoms. The number of fused-ring (bicyclic) bond motifs is 5. The Kier molecular flexibility index (Phi) is 4.41. The van der Waals surface area contributed by atoms with Crippen LogP contribution in [0.25, 0.3) is 0 Å². The van der Waals surface area contributed by atoms with Crippen LogP contribution in [-0.4, -0.2) is 40.0 Å². The molecule has 3 heterocycles. The van der Waals surface area contributed by atoms with Crippen LogP contribution in [0, 0.1) is 0 Å². The van der Waals surface area contributed by atoms with Crippen LogP contribution in [0.4, 0.5) is 0 Å². The number of ether oxygens (including phenoxy) is 4. The number of methoxy groups -OCH3 is 1. The topological polar surface area (TPSA) is 80.3 Å². The van der Waals surface area contributed by atoms with Crippen molar-refractivity contribution in [3.8, 4) is 23.0 Å². The lowest BCUT2D eigenvalue weighted by atomic mass is 9.83. The first-order valence-corrected chi connectivity index (χ1v) is 10.4. The van der Waals surface area contributed by atoms with E-state index in [9.17, 15) is 8.76 Å². The third kappa shape index (κ3) is 2.92. The molecule has 2 atom stereocenters. The quantitative estimate of drug-likeness (QED) is 0.726. The lowest BCUT2D eigenvalue weighted by Crippen LogP contribution is -2.39. The van der Waals surface area contributed by atoms with Gasteiger partial charge in [0.05, 0.1) is 7.11 Å². The highest BCUT2D eigenvalue weighted by molar-refractivity contribution is 7.78. The van der Waals surface area contributed by atoms with Crippen LogP contribution in [0.1, 0.15) is 28.3 Å². The van der Waals surface area contributed by atoms with Crippen molar-refractivity contribution >= 4 is 11.1 Å². The minimum absolute atomic E-state index is 0.251. The number of rotatable bonds is 4. The maximum Gasteiger partial charge on any atom is 0.231 e. The van der Waals surface area contributed by atoms with Crippen molar-refractivity contribution in [2.45, 2.75) is 25.4 Å². The van der Waals surface area contributed by atoms with E-state index < -0.39 is 11.1 Å². The molecule has 8 heteroatoms. The number of benzene rings is 2. The van der Waals surface area contributed by atoms with Gasteiger partial charge in [0.2, 0.25) is 6.79 Å². The van der Waals surface area contributed by atoms with Gasteiger partial charge in [-0.25, -0.2) is 0 Å². The van der Waals surface area contributed by atoms with E-state index in [2.05, 4.69) is 17.0 Å². The minimum atomic E-state index is -2.28. The van der Waals surface area contributed by atoms with E-state index in [1.54, 1.807) is 7.11 Å². The number of nitrogens with zero attached hydrogens (tertiary/aromatic N) is 1. The van der Waals surface area contributed by atoms with Gasteiger partial charge < -0.3 is 23.5 Å². The predicted molar refractivity (Wildman–Crippen MR) is 101 cm³/mol. The van der Waals surface area contributed by atoms with E-state index in [0.29, 0.717) is 18.0 Å². The highest BCUT2D eigenvalue weighted by Gasteiger charge is 2.35. The van der Waals surface area contributed by atoms with E-state index in [1.165, 1.54) is 11.1 Å². The van der Waals surface area contributed by atoms with Crippen LogP contribution < -0.4 is 18.9 Å². The standard InChI is InChI=1S/C20H21NO6S/c1-24-17-3-2-12-6-16-14-8-19-18(25-10-26-19)7-13(14)4-5-21(16)9-15(12)20(17)27-11-28(22)23/h2-3,7-8,16H,4-6,9-11H2,1H3,(H,22,23)/p-1. The van der Waals surface area contributed by atoms with Crippen LogP contribution >= 0.6 is 0 Å². The molecule has 0 fully saturated rings. The summed E-state index contributed by atoms with van der Waals surface area (Å²) in [6, 6.07) is 8.37. The molecule has 2 aromatic carbocycles. The molecule has 0 amide bonds. The average Bonchev–Trinajstić information content (AvgIpc) is 3.16. The maximum absolute atomic E-state index is 11.0. The molecule has 148 valence electrons.